The van der Waals surface area contributed by atoms with E-state index in [0.717, 1.165) is 10.0 Å². The van der Waals surface area contributed by atoms with Crippen molar-refractivity contribution in [1.82, 2.24) is 5.32 Å². The lowest BCUT2D eigenvalue weighted by Crippen LogP contribution is -2.26. The molecule has 0 aliphatic carbocycles. The van der Waals surface area contributed by atoms with Crippen LogP contribution in [0, 0.1) is 0 Å². The van der Waals surface area contributed by atoms with Crippen molar-refractivity contribution in [3.8, 4) is 5.75 Å². The average molecular weight is 467 g/mol. The molecule has 0 fully saturated rings. The van der Waals surface area contributed by atoms with Crippen LogP contribution in [0.4, 0.5) is 5.69 Å². The Morgan fingerprint density at radius 3 is 2.33 bits per heavy atom. The van der Waals surface area contributed by atoms with Gasteiger partial charge in [0.1, 0.15) is 5.75 Å². The van der Waals surface area contributed by atoms with Crippen LogP contribution in [0.1, 0.15) is 46.2 Å². The Hall–Kier alpha value is -3.12. The summed E-state index contributed by atoms with van der Waals surface area (Å²) in [4.78, 5) is 25.2. The smallest absolute Gasteiger partial charge is 0.259 e. The Labute approximate surface area is 184 Å². The number of ether oxygens (including phenoxy) is 1. The number of rotatable bonds is 7. The van der Waals surface area contributed by atoms with E-state index in [2.05, 4.69) is 26.6 Å². The fraction of sp³-hybridized carbons (Fsp3) is 0.167. The number of nitrogens with one attached hydrogen (secondary N) is 2. The molecule has 3 aromatic rings. The van der Waals surface area contributed by atoms with Crippen molar-refractivity contribution in [1.29, 1.82) is 0 Å². The Kier molecular flexibility index (Phi) is 7.25. The first-order valence-electron chi connectivity index (χ1n) is 9.67. The summed E-state index contributed by atoms with van der Waals surface area (Å²) in [5.41, 5.74) is 2.59. The molecular formula is C24H23BrN2O3. The fourth-order valence-electron chi connectivity index (χ4n) is 2.97. The molecule has 154 valence electrons. The SMILES string of the molecule is CCOc1ccc(Br)cc1C(=O)Nc1ccc(C(=O)NC(C)c2ccccc2)cc1. The summed E-state index contributed by atoms with van der Waals surface area (Å²) in [6.07, 6.45) is 0. The minimum atomic E-state index is -0.283. The number of carbonyl (C=O) groups is 2. The van der Waals surface area contributed by atoms with E-state index in [1.165, 1.54) is 0 Å². The molecule has 0 aromatic heterocycles. The maximum Gasteiger partial charge on any atom is 0.259 e. The first-order valence-corrected chi connectivity index (χ1v) is 10.5. The van der Waals surface area contributed by atoms with Gasteiger partial charge in [0, 0.05) is 15.7 Å². The second-order valence-corrected chi connectivity index (χ2v) is 7.63. The van der Waals surface area contributed by atoms with Gasteiger partial charge in [0.2, 0.25) is 0 Å². The molecule has 0 heterocycles. The zero-order valence-corrected chi connectivity index (χ0v) is 18.4. The van der Waals surface area contributed by atoms with Crippen molar-refractivity contribution in [2.75, 3.05) is 11.9 Å². The monoisotopic (exact) mass is 466 g/mol. The summed E-state index contributed by atoms with van der Waals surface area (Å²) in [6, 6.07) is 21.8. The van der Waals surface area contributed by atoms with Crippen molar-refractivity contribution in [3.63, 3.8) is 0 Å². The third-order valence-corrected chi connectivity index (χ3v) is 5.03. The lowest BCUT2D eigenvalue weighted by molar-refractivity contribution is 0.0939. The van der Waals surface area contributed by atoms with E-state index in [1.54, 1.807) is 36.4 Å². The number of carbonyl (C=O) groups excluding carboxylic acids is 2. The van der Waals surface area contributed by atoms with Gasteiger partial charge in [0.05, 0.1) is 18.2 Å². The molecular weight excluding hydrogens is 444 g/mol. The highest BCUT2D eigenvalue weighted by atomic mass is 79.9. The highest BCUT2D eigenvalue weighted by Crippen LogP contribution is 2.24. The van der Waals surface area contributed by atoms with Crippen molar-refractivity contribution in [2.24, 2.45) is 0 Å². The lowest BCUT2D eigenvalue weighted by atomic mass is 10.1. The normalized spacial score (nSPS) is 11.4. The van der Waals surface area contributed by atoms with Gasteiger partial charge in [-0.2, -0.15) is 0 Å². The molecule has 0 bridgehead atoms. The summed E-state index contributed by atoms with van der Waals surface area (Å²) in [7, 11) is 0. The molecule has 2 amide bonds. The van der Waals surface area contributed by atoms with E-state index < -0.39 is 0 Å². The van der Waals surface area contributed by atoms with Crippen LogP contribution in [-0.2, 0) is 0 Å². The molecule has 0 aliphatic heterocycles. The molecule has 1 unspecified atom stereocenters. The molecule has 3 rings (SSSR count). The third-order valence-electron chi connectivity index (χ3n) is 4.54. The zero-order valence-electron chi connectivity index (χ0n) is 16.8. The number of benzene rings is 3. The van der Waals surface area contributed by atoms with Crippen molar-refractivity contribution in [3.05, 3.63) is 94.0 Å². The summed E-state index contributed by atoms with van der Waals surface area (Å²) < 4.78 is 6.33. The van der Waals surface area contributed by atoms with Gasteiger partial charge in [-0.05, 0) is 61.9 Å². The van der Waals surface area contributed by atoms with Crippen LogP contribution < -0.4 is 15.4 Å². The maximum absolute atomic E-state index is 12.7. The molecule has 0 spiro atoms. The number of hydrogen-bond acceptors (Lipinski definition) is 3. The molecule has 0 aliphatic rings. The summed E-state index contributed by atoms with van der Waals surface area (Å²) in [6.45, 7) is 4.27. The van der Waals surface area contributed by atoms with E-state index in [4.69, 9.17) is 4.74 Å². The van der Waals surface area contributed by atoms with Crippen LogP contribution in [0.5, 0.6) is 5.75 Å². The summed E-state index contributed by atoms with van der Waals surface area (Å²) >= 11 is 3.38. The van der Waals surface area contributed by atoms with Crippen LogP contribution in [0.2, 0.25) is 0 Å². The van der Waals surface area contributed by atoms with E-state index in [1.807, 2.05) is 50.2 Å². The Bertz CT molecular complexity index is 1020. The van der Waals surface area contributed by atoms with E-state index in [-0.39, 0.29) is 17.9 Å². The molecule has 3 aromatic carbocycles. The summed E-state index contributed by atoms with van der Waals surface area (Å²) in [5, 5.41) is 5.82. The number of anilines is 1. The van der Waals surface area contributed by atoms with Gasteiger partial charge >= 0.3 is 0 Å². The predicted octanol–water partition coefficient (Wildman–Crippen LogP) is 5.59. The number of hydrogen-bond donors (Lipinski definition) is 2. The highest BCUT2D eigenvalue weighted by molar-refractivity contribution is 9.10. The van der Waals surface area contributed by atoms with Crippen LogP contribution >= 0.6 is 15.9 Å². The van der Waals surface area contributed by atoms with Gasteiger partial charge in [-0.3, -0.25) is 9.59 Å². The first-order chi connectivity index (χ1) is 14.5. The van der Waals surface area contributed by atoms with Crippen molar-refractivity contribution >= 4 is 33.4 Å². The molecule has 1 atom stereocenters. The largest absolute Gasteiger partial charge is 0.493 e. The Morgan fingerprint density at radius 2 is 1.67 bits per heavy atom. The van der Waals surface area contributed by atoms with Crippen LogP contribution in [0.3, 0.4) is 0 Å². The molecule has 0 saturated heterocycles. The molecule has 30 heavy (non-hydrogen) atoms. The Balaban J connectivity index is 1.66. The van der Waals surface area contributed by atoms with Gasteiger partial charge in [0.25, 0.3) is 11.8 Å². The number of amides is 2. The van der Waals surface area contributed by atoms with Crippen LogP contribution in [-0.4, -0.2) is 18.4 Å². The standard InChI is InChI=1S/C24H23BrN2O3/c1-3-30-22-14-11-19(25)15-21(22)24(29)27-20-12-9-18(10-13-20)23(28)26-16(2)17-7-5-4-6-8-17/h4-16H,3H2,1-2H3,(H,26,28)(H,27,29). The average Bonchev–Trinajstić information content (AvgIpc) is 2.76. The van der Waals surface area contributed by atoms with Crippen LogP contribution in [0.25, 0.3) is 0 Å². The first kappa shape index (κ1) is 21.6. The van der Waals surface area contributed by atoms with Gasteiger partial charge in [-0.15, -0.1) is 0 Å². The minimum absolute atomic E-state index is 0.105. The second-order valence-electron chi connectivity index (χ2n) is 6.71. The van der Waals surface area contributed by atoms with E-state index in [9.17, 15) is 9.59 Å². The van der Waals surface area contributed by atoms with Crippen molar-refractivity contribution < 1.29 is 14.3 Å². The third kappa shape index (κ3) is 5.48. The fourth-order valence-corrected chi connectivity index (χ4v) is 3.33. The van der Waals surface area contributed by atoms with Crippen LogP contribution in [0.15, 0.2) is 77.3 Å². The molecule has 2 N–H and O–H groups in total. The summed E-state index contributed by atoms with van der Waals surface area (Å²) in [5.74, 6) is 0.0635. The Morgan fingerprint density at radius 1 is 0.967 bits per heavy atom. The van der Waals surface area contributed by atoms with Crippen molar-refractivity contribution in [2.45, 2.75) is 19.9 Å². The van der Waals surface area contributed by atoms with Gasteiger partial charge in [-0.1, -0.05) is 46.3 Å². The van der Waals surface area contributed by atoms with E-state index in [0.29, 0.717) is 29.2 Å². The topological polar surface area (TPSA) is 67.4 Å². The lowest BCUT2D eigenvalue weighted by Gasteiger charge is -2.15. The van der Waals surface area contributed by atoms with Gasteiger partial charge in [0.15, 0.2) is 0 Å². The highest BCUT2D eigenvalue weighted by Gasteiger charge is 2.15. The molecule has 0 saturated carbocycles. The molecule has 6 heteroatoms. The minimum Gasteiger partial charge on any atom is -0.493 e. The predicted molar refractivity (Wildman–Crippen MR) is 122 cm³/mol. The van der Waals surface area contributed by atoms with Gasteiger partial charge < -0.3 is 15.4 Å². The van der Waals surface area contributed by atoms with Gasteiger partial charge in [-0.25, -0.2) is 0 Å². The van der Waals surface area contributed by atoms with E-state index >= 15 is 0 Å². The quantitative estimate of drug-likeness (QED) is 0.476. The second kappa shape index (κ2) is 10.1. The molecule has 0 radical (unpaired) electrons. The molecule has 5 nitrogen and oxygen atoms in total. The number of halogens is 1. The zero-order chi connectivity index (χ0) is 21.5. The maximum atomic E-state index is 12.7.